The summed E-state index contributed by atoms with van der Waals surface area (Å²) in [6, 6.07) is 1.92. The molecule has 6 nitrogen and oxygen atoms in total. The molecule has 128 valence electrons. The van der Waals surface area contributed by atoms with E-state index >= 15 is 0 Å². The summed E-state index contributed by atoms with van der Waals surface area (Å²) < 4.78 is 13.3. The molecule has 2 saturated heterocycles. The Morgan fingerprint density at radius 2 is 2.35 bits per heavy atom. The van der Waals surface area contributed by atoms with Crippen LogP contribution in [0.15, 0.2) is 6.07 Å². The van der Waals surface area contributed by atoms with E-state index < -0.39 is 0 Å². The lowest BCUT2D eigenvalue weighted by atomic mass is 9.96. The van der Waals surface area contributed by atoms with Crippen LogP contribution in [0.3, 0.4) is 0 Å². The number of rotatable bonds is 4. The van der Waals surface area contributed by atoms with Gasteiger partial charge in [-0.05, 0) is 31.2 Å². The van der Waals surface area contributed by atoms with Crippen LogP contribution in [0.5, 0.6) is 0 Å². The van der Waals surface area contributed by atoms with Crippen molar-refractivity contribution in [2.75, 3.05) is 26.8 Å². The molecule has 0 N–H and O–H groups in total. The first-order chi connectivity index (χ1) is 10.9. The third-order valence-corrected chi connectivity index (χ3v) is 4.90. The molecule has 1 spiro atoms. The maximum Gasteiger partial charge on any atom is 0.272 e. The predicted molar refractivity (Wildman–Crippen MR) is 86.4 cm³/mol. The van der Waals surface area contributed by atoms with Gasteiger partial charge < -0.3 is 14.4 Å². The Kier molecular flexibility index (Phi) is 4.47. The van der Waals surface area contributed by atoms with E-state index in [4.69, 9.17) is 9.47 Å². The molecule has 2 aliphatic heterocycles. The zero-order valence-electron chi connectivity index (χ0n) is 14.5. The van der Waals surface area contributed by atoms with Crippen molar-refractivity contribution >= 4 is 5.91 Å². The number of carbonyl (C=O) groups is 1. The highest BCUT2D eigenvalue weighted by Crippen LogP contribution is 2.37. The van der Waals surface area contributed by atoms with Crippen molar-refractivity contribution in [3.8, 4) is 0 Å². The molecule has 3 rings (SSSR count). The largest absolute Gasteiger partial charge is 0.377 e. The first kappa shape index (κ1) is 16.5. The fraction of sp³-hybridized carbons (Fsp3) is 0.765. The number of amides is 1. The summed E-state index contributed by atoms with van der Waals surface area (Å²) in [5.74, 6) is 0.539. The van der Waals surface area contributed by atoms with Gasteiger partial charge in [0.05, 0.1) is 18.8 Å². The molecule has 1 aromatic heterocycles. The van der Waals surface area contributed by atoms with Gasteiger partial charge in [-0.25, -0.2) is 0 Å². The lowest BCUT2D eigenvalue weighted by Crippen LogP contribution is -2.42. The molecule has 1 amide bonds. The maximum absolute atomic E-state index is 12.9. The molecule has 0 radical (unpaired) electrons. The molecule has 1 aromatic rings. The highest BCUT2D eigenvalue weighted by molar-refractivity contribution is 5.93. The first-order valence-corrected chi connectivity index (χ1v) is 8.44. The maximum atomic E-state index is 12.9. The van der Waals surface area contributed by atoms with Crippen LogP contribution < -0.4 is 0 Å². The Balaban J connectivity index is 1.77. The van der Waals surface area contributed by atoms with E-state index in [2.05, 4.69) is 18.9 Å². The van der Waals surface area contributed by atoms with Crippen LogP contribution in [0.4, 0.5) is 0 Å². The van der Waals surface area contributed by atoms with Gasteiger partial charge in [0.2, 0.25) is 0 Å². The fourth-order valence-electron chi connectivity index (χ4n) is 3.80. The predicted octanol–water partition coefficient (Wildman–Crippen LogP) is 1.64. The van der Waals surface area contributed by atoms with Gasteiger partial charge in [0, 0.05) is 20.8 Å². The second-order valence-electron chi connectivity index (χ2n) is 7.17. The Bertz CT molecular complexity index is 576. The van der Waals surface area contributed by atoms with Crippen molar-refractivity contribution in [1.82, 2.24) is 14.7 Å². The van der Waals surface area contributed by atoms with E-state index in [1.54, 1.807) is 11.8 Å². The molecular weight excluding hydrogens is 294 g/mol. The van der Waals surface area contributed by atoms with E-state index in [-0.39, 0.29) is 17.6 Å². The number of hydrogen-bond donors (Lipinski definition) is 0. The highest BCUT2D eigenvalue weighted by atomic mass is 16.6. The smallest absolute Gasteiger partial charge is 0.272 e. The summed E-state index contributed by atoms with van der Waals surface area (Å²) in [6.07, 6.45) is 2.83. The second kappa shape index (κ2) is 6.24. The van der Waals surface area contributed by atoms with Gasteiger partial charge in [-0.1, -0.05) is 13.8 Å². The monoisotopic (exact) mass is 321 g/mol. The molecule has 23 heavy (non-hydrogen) atoms. The minimum Gasteiger partial charge on any atom is -0.377 e. The van der Waals surface area contributed by atoms with Crippen LogP contribution in [-0.2, 0) is 22.9 Å². The normalized spacial score (nSPS) is 27.5. The number of likely N-dealkylation sites (tertiary alicyclic amines) is 1. The summed E-state index contributed by atoms with van der Waals surface area (Å²) in [6.45, 7) is 6.25. The van der Waals surface area contributed by atoms with Gasteiger partial charge in [-0.2, -0.15) is 5.10 Å². The lowest BCUT2D eigenvalue weighted by Gasteiger charge is -2.27. The summed E-state index contributed by atoms with van der Waals surface area (Å²) in [4.78, 5) is 14.8. The average Bonchev–Trinajstić information content (AvgIpc) is 3.19. The number of aromatic nitrogens is 2. The number of carbonyl (C=O) groups excluding carboxylic acids is 1. The molecule has 0 unspecified atom stereocenters. The number of ether oxygens (including phenoxy) is 2. The van der Waals surface area contributed by atoms with Gasteiger partial charge in [-0.3, -0.25) is 9.48 Å². The Morgan fingerprint density at radius 3 is 2.96 bits per heavy atom. The topological polar surface area (TPSA) is 56.6 Å². The van der Waals surface area contributed by atoms with Crippen molar-refractivity contribution in [3.63, 3.8) is 0 Å². The molecule has 0 bridgehead atoms. The third-order valence-electron chi connectivity index (χ3n) is 4.90. The average molecular weight is 321 g/mol. The Labute approximate surface area is 137 Å². The van der Waals surface area contributed by atoms with Gasteiger partial charge >= 0.3 is 0 Å². The summed E-state index contributed by atoms with van der Waals surface area (Å²) in [5.41, 5.74) is 1.30. The molecule has 3 heterocycles. The first-order valence-electron chi connectivity index (χ1n) is 8.44. The summed E-state index contributed by atoms with van der Waals surface area (Å²) >= 11 is 0. The minimum absolute atomic E-state index is 0.0180. The van der Waals surface area contributed by atoms with Gasteiger partial charge in [0.15, 0.2) is 0 Å². The number of methoxy groups -OCH3 is 1. The minimum atomic E-state index is -0.316. The molecule has 2 aliphatic rings. The van der Waals surface area contributed by atoms with Crippen molar-refractivity contribution < 1.29 is 14.3 Å². The van der Waals surface area contributed by atoms with Crippen LogP contribution >= 0.6 is 0 Å². The van der Waals surface area contributed by atoms with E-state index in [1.807, 2.05) is 18.0 Å². The SMILES string of the molecule is CO[C@H]1CN(C(=O)c2cc(CC(C)C)nn2C)C[C@@]12CCCO2. The van der Waals surface area contributed by atoms with Crippen molar-refractivity contribution in [1.29, 1.82) is 0 Å². The molecule has 2 atom stereocenters. The van der Waals surface area contributed by atoms with E-state index in [1.165, 1.54) is 0 Å². The third kappa shape index (κ3) is 3.02. The van der Waals surface area contributed by atoms with Crippen LogP contribution in [0.25, 0.3) is 0 Å². The Hall–Kier alpha value is -1.40. The van der Waals surface area contributed by atoms with Crippen LogP contribution in [0.1, 0.15) is 42.9 Å². The standard InChI is InChI=1S/C17H27N3O3/c1-12(2)8-13-9-14(19(3)18-13)16(21)20-10-15(22-4)17(11-20)6-5-7-23-17/h9,12,15H,5-8,10-11H2,1-4H3/t15-,17-/m0/s1. The Morgan fingerprint density at radius 1 is 1.57 bits per heavy atom. The fourth-order valence-corrected chi connectivity index (χ4v) is 3.80. The number of nitrogens with zero attached hydrogens (tertiary/aromatic N) is 3. The van der Waals surface area contributed by atoms with Crippen LogP contribution in [0, 0.1) is 5.92 Å². The zero-order chi connectivity index (χ0) is 16.6. The quantitative estimate of drug-likeness (QED) is 0.846. The van der Waals surface area contributed by atoms with Crippen molar-refractivity contribution in [2.45, 2.75) is 44.8 Å². The summed E-state index contributed by atoms with van der Waals surface area (Å²) in [5, 5.41) is 4.48. The van der Waals surface area contributed by atoms with E-state index in [0.29, 0.717) is 24.7 Å². The number of aryl methyl sites for hydroxylation is 1. The lowest BCUT2D eigenvalue weighted by molar-refractivity contribution is -0.0755. The van der Waals surface area contributed by atoms with Crippen molar-refractivity contribution in [3.05, 3.63) is 17.5 Å². The second-order valence-corrected chi connectivity index (χ2v) is 7.17. The molecule has 6 heteroatoms. The van der Waals surface area contributed by atoms with Gasteiger partial charge in [0.25, 0.3) is 5.91 Å². The highest BCUT2D eigenvalue weighted by Gasteiger charge is 2.51. The van der Waals surface area contributed by atoms with Gasteiger partial charge in [0.1, 0.15) is 17.4 Å². The van der Waals surface area contributed by atoms with Gasteiger partial charge in [-0.15, -0.1) is 0 Å². The van der Waals surface area contributed by atoms with E-state index in [0.717, 1.165) is 31.6 Å². The number of hydrogen-bond acceptors (Lipinski definition) is 4. The van der Waals surface area contributed by atoms with Crippen molar-refractivity contribution in [2.24, 2.45) is 13.0 Å². The molecule has 0 aromatic carbocycles. The van der Waals surface area contributed by atoms with Crippen LogP contribution in [0.2, 0.25) is 0 Å². The molecule has 2 fully saturated rings. The van der Waals surface area contributed by atoms with Crippen LogP contribution in [-0.4, -0.2) is 59.1 Å². The summed E-state index contributed by atoms with van der Waals surface area (Å²) in [7, 11) is 3.54. The molecule has 0 saturated carbocycles. The molecular formula is C17H27N3O3. The van der Waals surface area contributed by atoms with E-state index in [9.17, 15) is 4.79 Å². The molecule has 0 aliphatic carbocycles. The zero-order valence-corrected chi connectivity index (χ0v) is 14.5.